The molecule has 0 saturated heterocycles. The van der Waals surface area contributed by atoms with E-state index < -0.39 is 22.3 Å². The average Bonchev–Trinajstić information content (AvgIpc) is 2.63. The van der Waals surface area contributed by atoms with E-state index in [1.165, 1.54) is 38.2 Å². The molecule has 1 aromatic heterocycles. The van der Waals surface area contributed by atoms with Gasteiger partial charge in [-0.15, -0.1) is 0 Å². The van der Waals surface area contributed by atoms with Crippen molar-refractivity contribution in [3.63, 3.8) is 0 Å². The van der Waals surface area contributed by atoms with E-state index in [2.05, 4.69) is 10.5 Å². The highest BCUT2D eigenvalue weighted by molar-refractivity contribution is 5.95. The lowest BCUT2D eigenvalue weighted by molar-refractivity contribution is -0.384. The summed E-state index contributed by atoms with van der Waals surface area (Å²) in [6, 6.07) is 6.66. The molecule has 10 heteroatoms. The van der Waals surface area contributed by atoms with Crippen LogP contribution in [0.3, 0.4) is 0 Å². The van der Waals surface area contributed by atoms with Crippen molar-refractivity contribution in [1.82, 2.24) is 9.99 Å². The van der Waals surface area contributed by atoms with Gasteiger partial charge in [0.05, 0.1) is 16.7 Å². The van der Waals surface area contributed by atoms with Crippen molar-refractivity contribution in [3.8, 4) is 11.9 Å². The molecule has 10 nitrogen and oxygen atoms in total. The summed E-state index contributed by atoms with van der Waals surface area (Å²) in [4.78, 5) is 33.8. The Morgan fingerprint density at radius 3 is 2.58 bits per heavy atom. The third kappa shape index (κ3) is 3.41. The van der Waals surface area contributed by atoms with Crippen LogP contribution in [0.15, 0.2) is 34.2 Å². The number of carbonyl (C=O) groups excluding carboxylic acids is 1. The molecule has 0 unspecified atom stereocenters. The molecular weight excluding hydrogens is 342 g/mol. The van der Waals surface area contributed by atoms with Gasteiger partial charge >= 0.3 is 0 Å². The van der Waals surface area contributed by atoms with Gasteiger partial charge < -0.3 is 5.11 Å². The molecule has 0 fully saturated rings. The van der Waals surface area contributed by atoms with Crippen LogP contribution in [0.5, 0.6) is 5.88 Å². The Bertz CT molecular complexity index is 1020. The predicted molar refractivity (Wildman–Crippen MR) is 91.0 cm³/mol. The number of non-ortho nitro benzene ring substituents is 1. The second-order valence-corrected chi connectivity index (χ2v) is 5.22. The number of nitrogens with zero attached hydrogens (tertiary/aromatic N) is 4. The number of nitro benzene ring substituents is 1. The van der Waals surface area contributed by atoms with Crippen LogP contribution in [0.25, 0.3) is 0 Å². The van der Waals surface area contributed by atoms with Crippen molar-refractivity contribution >= 4 is 17.8 Å². The Labute approximate surface area is 146 Å². The Hall–Kier alpha value is -4.00. The first-order valence-corrected chi connectivity index (χ1v) is 7.18. The molecule has 2 N–H and O–H groups in total. The van der Waals surface area contributed by atoms with E-state index >= 15 is 0 Å². The number of amides is 1. The first kappa shape index (κ1) is 18.3. The van der Waals surface area contributed by atoms with Crippen LogP contribution in [0.4, 0.5) is 5.69 Å². The lowest BCUT2D eigenvalue weighted by Crippen LogP contribution is -2.23. The fourth-order valence-electron chi connectivity index (χ4n) is 2.15. The van der Waals surface area contributed by atoms with Crippen LogP contribution in [0.1, 0.15) is 27.0 Å². The second kappa shape index (κ2) is 7.27. The number of aromatic hydroxyl groups is 1. The molecular formula is C16H13N5O5. The molecule has 0 aliphatic rings. The first-order chi connectivity index (χ1) is 12.3. The molecule has 1 aromatic carbocycles. The number of benzene rings is 1. The minimum absolute atomic E-state index is 0.104. The SMILES string of the molecule is Cc1c(C=NNC(=O)c2ccc([N+](=O)[O-])cc2)c(O)n(C)c(=O)c1C#N. The van der Waals surface area contributed by atoms with E-state index in [9.17, 15) is 24.8 Å². The summed E-state index contributed by atoms with van der Waals surface area (Å²) < 4.78 is 0.894. The number of hydrazone groups is 1. The zero-order chi connectivity index (χ0) is 19.4. The highest BCUT2D eigenvalue weighted by Gasteiger charge is 2.16. The molecule has 132 valence electrons. The molecule has 2 rings (SSSR count). The Morgan fingerprint density at radius 1 is 1.42 bits per heavy atom. The van der Waals surface area contributed by atoms with E-state index in [0.29, 0.717) is 0 Å². The largest absolute Gasteiger partial charge is 0.494 e. The van der Waals surface area contributed by atoms with Crippen molar-refractivity contribution in [2.24, 2.45) is 12.1 Å². The number of aromatic nitrogens is 1. The minimum atomic E-state index is -0.644. The zero-order valence-electron chi connectivity index (χ0n) is 13.8. The number of nitriles is 1. The highest BCUT2D eigenvalue weighted by atomic mass is 16.6. The monoisotopic (exact) mass is 355 g/mol. The van der Waals surface area contributed by atoms with Gasteiger partial charge in [-0.3, -0.25) is 24.3 Å². The van der Waals surface area contributed by atoms with Crippen molar-refractivity contribution in [2.75, 3.05) is 0 Å². The molecule has 0 radical (unpaired) electrons. The molecule has 0 aliphatic heterocycles. The van der Waals surface area contributed by atoms with Gasteiger partial charge in [0.25, 0.3) is 17.2 Å². The van der Waals surface area contributed by atoms with E-state index in [-0.39, 0.29) is 27.9 Å². The summed E-state index contributed by atoms with van der Waals surface area (Å²) >= 11 is 0. The smallest absolute Gasteiger partial charge is 0.271 e. The van der Waals surface area contributed by atoms with Gasteiger partial charge in [0.15, 0.2) is 0 Å². The van der Waals surface area contributed by atoms with Crippen LogP contribution < -0.4 is 11.0 Å². The molecule has 1 heterocycles. The normalized spacial score (nSPS) is 10.5. The minimum Gasteiger partial charge on any atom is -0.494 e. The number of pyridine rings is 1. The Morgan fingerprint density at radius 2 is 2.04 bits per heavy atom. The van der Waals surface area contributed by atoms with Crippen LogP contribution in [-0.4, -0.2) is 26.7 Å². The fraction of sp³-hybridized carbons (Fsp3) is 0.125. The molecule has 0 spiro atoms. The third-order valence-electron chi connectivity index (χ3n) is 3.67. The molecule has 0 bridgehead atoms. The van der Waals surface area contributed by atoms with Gasteiger partial charge in [-0.2, -0.15) is 10.4 Å². The molecule has 0 atom stereocenters. The first-order valence-electron chi connectivity index (χ1n) is 7.18. The second-order valence-electron chi connectivity index (χ2n) is 5.22. The summed E-state index contributed by atoms with van der Waals surface area (Å²) in [5.74, 6) is -1.03. The maximum atomic E-state index is 12.0. The van der Waals surface area contributed by atoms with Crippen molar-refractivity contribution in [2.45, 2.75) is 6.92 Å². The molecule has 0 saturated carbocycles. The van der Waals surface area contributed by atoms with Crippen LogP contribution in [0.2, 0.25) is 0 Å². The lowest BCUT2D eigenvalue weighted by Gasteiger charge is -2.09. The van der Waals surface area contributed by atoms with E-state index in [1.807, 2.05) is 0 Å². The van der Waals surface area contributed by atoms with Gasteiger partial charge in [-0.25, -0.2) is 5.43 Å². The van der Waals surface area contributed by atoms with Gasteiger partial charge in [-0.05, 0) is 24.6 Å². The van der Waals surface area contributed by atoms with E-state index in [0.717, 1.165) is 10.8 Å². The maximum Gasteiger partial charge on any atom is 0.271 e. The van der Waals surface area contributed by atoms with E-state index in [4.69, 9.17) is 5.26 Å². The maximum absolute atomic E-state index is 12.0. The van der Waals surface area contributed by atoms with Gasteiger partial charge in [0.1, 0.15) is 11.6 Å². The number of hydrogen-bond acceptors (Lipinski definition) is 7. The van der Waals surface area contributed by atoms with Crippen LogP contribution >= 0.6 is 0 Å². The molecule has 1 amide bonds. The number of rotatable bonds is 4. The molecule has 0 aliphatic carbocycles. The summed E-state index contributed by atoms with van der Waals surface area (Å²) in [6.07, 6.45) is 1.11. The van der Waals surface area contributed by atoms with Gasteiger partial charge in [0, 0.05) is 24.7 Å². The summed E-state index contributed by atoms with van der Waals surface area (Å²) in [7, 11) is 1.30. The van der Waals surface area contributed by atoms with Gasteiger partial charge in [0.2, 0.25) is 5.88 Å². The lowest BCUT2D eigenvalue weighted by atomic mass is 10.1. The molecule has 2 aromatic rings. The molecule has 26 heavy (non-hydrogen) atoms. The van der Waals surface area contributed by atoms with Crippen molar-refractivity contribution < 1.29 is 14.8 Å². The Balaban J connectivity index is 2.25. The zero-order valence-corrected chi connectivity index (χ0v) is 13.8. The summed E-state index contributed by atoms with van der Waals surface area (Å²) in [5.41, 5.74) is 1.73. The van der Waals surface area contributed by atoms with Gasteiger partial charge in [-0.1, -0.05) is 0 Å². The Kier molecular flexibility index (Phi) is 5.13. The quantitative estimate of drug-likeness (QED) is 0.473. The number of nitro groups is 1. The number of nitrogens with one attached hydrogen (secondary N) is 1. The number of hydrogen-bond donors (Lipinski definition) is 2. The average molecular weight is 355 g/mol. The predicted octanol–water partition coefficient (Wildman–Crippen LogP) is 0.943. The topological polar surface area (TPSA) is 151 Å². The summed E-state index contributed by atoms with van der Waals surface area (Å²) in [5, 5.41) is 33.4. The van der Waals surface area contributed by atoms with E-state index in [1.54, 1.807) is 6.07 Å². The summed E-state index contributed by atoms with van der Waals surface area (Å²) in [6.45, 7) is 1.47. The fourth-order valence-corrected chi connectivity index (χ4v) is 2.15. The number of carbonyl (C=O) groups is 1. The highest BCUT2D eigenvalue weighted by Crippen LogP contribution is 2.18. The van der Waals surface area contributed by atoms with Crippen LogP contribution in [-0.2, 0) is 7.05 Å². The standard InChI is InChI=1S/C16H13N5O5/c1-9-12(7-17)15(23)20(2)16(24)13(9)8-18-19-14(22)10-3-5-11(6-4-10)21(25)26/h3-6,8,24H,1-2H3,(H,19,22). The van der Waals surface area contributed by atoms with Crippen molar-refractivity contribution in [1.29, 1.82) is 5.26 Å². The third-order valence-corrected chi connectivity index (χ3v) is 3.67. The van der Waals surface area contributed by atoms with Crippen LogP contribution in [0, 0.1) is 28.4 Å². The van der Waals surface area contributed by atoms with Crippen molar-refractivity contribution in [3.05, 3.63) is 67.0 Å².